The van der Waals surface area contributed by atoms with Crippen LogP contribution < -0.4 is 10.2 Å². The normalized spacial score (nSPS) is 14.9. The maximum atomic E-state index is 12.8. The minimum absolute atomic E-state index is 0.0542. The van der Waals surface area contributed by atoms with Crippen LogP contribution in [0.1, 0.15) is 25.0 Å². The summed E-state index contributed by atoms with van der Waals surface area (Å²) in [6.45, 7) is 7.57. The molecule has 1 unspecified atom stereocenters. The van der Waals surface area contributed by atoms with Gasteiger partial charge in [-0.25, -0.2) is 0 Å². The van der Waals surface area contributed by atoms with E-state index in [-0.39, 0.29) is 11.2 Å². The number of anilines is 2. The van der Waals surface area contributed by atoms with Gasteiger partial charge >= 0.3 is 0 Å². The second-order valence-corrected chi connectivity index (χ2v) is 9.06. The minimum Gasteiger partial charge on any atom is -0.378 e. The molecule has 32 heavy (non-hydrogen) atoms. The first-order chi connectivity index (χ1) is 15.6. The lowest BCUT2D eigenvalue weighted by Gasteiger charge is -2.28. The fourth-order valence-electron chi connectivity index (χ4n) is 3.55. The van der Waals surface area contributed by atoms with Gasteiger partial charge in [0.25, 0.3) is 0 Å². The van der Waals surface area contributed by atoms with Crippen LogP contribution in [-0.2, 0) is 22.5 Å². The molecule has 1 aromatic heterocycles. The van der Waals surface area contributed by atoms with Crippen LogP contribution in [0.4, 0.5) is 11.6 Å². The van der Waals surface area contributed by atoms with Crippen LogP contribution in [-0.4, -0.2) is 52.2 Å². The van der Waals surface area contributed by atoms with Gasteiger partial charge in [0, 0.05) is 18.8 Å². The molecule has 1 saturated heterocycles. The highest BCUT2D eigenvalue weighted by Gasteiger charge is 2.24. The van der Waals surface area contributed by atoms with Crippen LogP contribution in [0.25, 0.3) is 0 Å². The highest BCUT2D eigenvalue weighted by atomic mass is 32.2. The first-order valence-corrected chi connectivity index (χ1v) is 11.9. The van der Waals surface area contributed by atoms with Gasteiger partial charge in [-0.3, -0.25) is 9.36 Å². The van der Waals surface area contributed by atoms with Crippen LogP contribution in [0, 0.1) is 0 Å². The Bertz CT molecular complexity index is 1020. The number of rotatable bonds is 8. The molecular weight excluding hydrogens is 422 g/mol. The zero-order valence-corrected chi connectivity index (χ0v) is 19.3. The predicted molar refractivity (Wildman–Crippen MR) is 128 cm³/mol. The van der Waals surface area contributed by atoms with Crippen LogP contribution in [0.5, 0.6) is 0 Å². The van der Waals surface area contributed by atoms with E-state index in [1.54, 1.807) is 0 Å². The second-order valence-electron chi connectivity index (χ2n) is 7.75. The maximum absolute atomic E-state index is 12.8. The Morgan fingerprint density at radius 1 is 1.06 bits per heavy atom. The number of morpholine rings is 1. The zero-order valence-electron chi connectivity index (χ0n) is 18.5. The Morgan fingerprint density at radius 2 is 1.78 bits per heavy atom. The predicted octanol–water partition coefficient (Wildman–Crippen LogP) is 3.84. The molecule has 7 nitrogen and oxygen atoms in total. The summed E-state index contributed by atoms with van der Waals surface area (Å²) in [5.41, 5.74) is 3.21. The van der Waals surface area contributed by atoms with E-state index in [0.29, 0.717) is 19.8 Å². The summed E-state index contributed by atoms with van der Waals surface area (Å²) >= 11 is 1.43. The summed E-state index contributed by atoms with van der Waals surface area (Å²) in [5, 5.41) is 12.4. The molecule has 1 fully saturated rings. The molecule has 0 aliphatic carbocycles. The molecule has 3 aromatic rings. The van der Waals surface area contributed by atoms with Crippen LogP contribution in [0.15, 0.2) is 59.8 Å². The number of carbonyl (C=O) groups is 1. The highest BCUT2D eigenvalue weighted by Crippen LogP contribution is 2.28. The van der Waals surface area contributed by atoms with E-state index >= 15 is 0 Å². The van der Waals surface area contributed by atoms with E-state index in [9.17, 15) is 4.79 Å². The lowest BCUT2D eigenvalue weighted by Crippen LogP contribution is -2.38. The van der Waals surface area contributed by atoms with Gasteiger partial charge in [0.2, 0.25) is 11.9 Å². The molecule has 0 spiro atoms. The van der Waals surface area contributed by atoms with Crippen molar-refractivity contribution in [3.05, 3.63) is 65.7 Å². The van der Waals surface area contributed by atoms with Gasteiger partial charge in [-0.2, -0.15) is 0 Å². The lowest BCUT2D eigenvalue weighted by atomic mass is 10.1. The first-order valence-electron chi connectivity index (χ1n) is 11.0. The standard InChI is InChI=1S/C24H29N5O2S/c1-3-19-9-11-21(12-10-19)25-22(30)18(2)32-24-27-26-23(28-13-15-31-16-14-28)29(24)17-20-7-5-4-6-8-20/h4-12,18H,3,13-17H2,1-2H3,(H,25,30). The average molecular weight is 452 g/mol. The molecule has 1 N–H and O–H groups in total. The Labute approximate surface area is 193 Å². The van der Waals surface area contributed by atoms with E-state index < -0.39 is 0 Å². The number of nitrogens with one attached hydrogen (secondary N) is 1. The van der Waals surface area contributed by atoms with E-state index in [1.807, 2.05) is 49.4 Å². The molecule has 0 radical (unpaired) electrons. The zero-order chi connectivity index (χ0) is 22.3. The number of hydrogen-bond acceptors (Lipinski definition) is 6. The van der Waals surface area contributed by atoms with Crippen molar-refractivity contribution in [2.24, 2.45) is 0 Å². The van der Waals surface area contributed by atoms with Crippen LogP contribution in [0.2, 0.25) is 0 Å². The maximum Gasteiger partial charge on any atom is 0.237 e. The van der Waals surface area contributed by atoms with Gasteiger partial charge in [-0.05, 0) is 36.6 Å². The van der Waals surface area contributed by atoms with Crippen LogP contribution >= 0.6 is 11.8 Å². The molecule has 0 saturated carbocycles. The molecule has 0 bridgehead atoms. The Hall–Kier alpha value is -2.84. The van der Waals surface area contributed by atoms with E-state index in [0.717, 1.165) is 41.9 Å². The van der Waals surface area contributed by atoms with Crippen molar-refractivity contribution < 1.29 is 9.53 Å². The minimum atomic E-state index is -0.322. The fourth-order valence-corrected chi connectivity index (χ4v) is 4.39. The van der Waals surface area contributed by atoms with E-state index in [2.05, 4.69) is 44.0 Å². The van der Waals surface area contributed by atoms with Crippen molar-refractivity contribution in [2.75, 3.05) is 36.5 Å². The van der Waals surface area contributed by atoms with E-state index in [4.69, 9.17) is 4.74 Å². The third kappa shape index (κ3) is 5.49. The quantitative estimate of drug-likeness (QED) is 0.525. The molecular formula is C24H29N5O2S. The van der Waals surface area contributed by atoms with Crippen molar-refractivity contribution in [2.45, 2.75) is 37.2 Å². The number of hydrogen-bond donors (Lipinski definition) is 1. The van der Waals surface area contributed by atoms with Crippen molar-refractivity contribution in [1.82, 2.24) is 14.8 Å². The third-order valence-corrected chi connectivity index (χ3v) is 6.54. The highest BCUT2D eigenvalue weighted by molar-refractivity contribution is 8.00. The monoisotopic (exact) mass is 451 g/mol. The number of benzene rings is 2. The van der Waals surface area contributed by atoms with Crippen LogP contribution in [0.3, 0.4) is 0 Å². The summed E-state index contributed by atoms with van der Waals surface area (Å²) in [6.07, 6.45) is 0.975. The third-order valence-electron chi connectivity index (χ3n) is 5.46. The Kier molecular flexibility index (Phi) is 7.44. The average Bonchev–Trinajstić information content (AvgIpc) is 3.22. The summed E-state index contributed by atoms with van der Waals surface area (Å²) < 4.78 is 7.60. The Balaban J connectivity index is 1.50. The van der Waals surface area contributed by atoms with Gasteiger partial charge < -0.3 is 15.0 Å². The fraction of sp³-hybridized carbons (Fsp3) is 0.375. The number of carbonyl (C=O) groups excluding carboxylic acids is 1. The molecule has 8 heteroatoms. The van der Waals surface area contributed by atoms with Gasteiger partial charge in [-0.1, -0.05) is 61.2 Å². The van der Waals surface area contributed by atoms with Gasteiger partial charge in [0.05, 0.1) is 25.0 Å². The number of amides is 1. The van der Waals surface area contributed by atoms with Crippen molar-refractivity contribution in [3.8, 4) is 0 Å². The summed E-state index contributed by atoms with van der Waals surface area (Å²) in [5.74, 6) is 0.767. The SMILES string of the molecule is CCc1ccc(NC(=O)C(C)Sc2nnc(N3CCOCC3)n2Cc2ccccc2)cc1. The van der Waals surface area contributed by atoms with Gasteiger partial charge in [0.1, 0.15) is 0 Å². The van der Waals surface area contributed by atoms with E-state index in [1.165, 1.54) is 17.3 Å². The van der Waals surface area contributed by atoms with Gasteiger partial charge in [0.15, 0.2) is 5.16 Å². The summed E-state index contributed by atoms with van der Waals surface area (Å²) in [7, 11) is 0. The Morgan fingerprint density at radius 3 is 2.47 bits per heavy atom. The molecule has 168 valence electrons. The summed E-state index contributed by atoms with van der Waals surface area (Å²) in [4.78, 5) is 15.0. The smallest absolute Gasteiger partial charge is 0.237 e. The number of aromatic nitrogens is 3. The van der Waals surface area contributed by atoms with Crippen molar-refractivity contribution >= 4 is 29.3 Å². The molecule has 1 amide bonds. The number of thioether (sulfide) groups is 1. The largest absolute Gasteiger partial charge is 0.378 e. The van der Waals surface area contributed by atoms with Gasteiger partial charge in [-0.15, -0.1) is 10.2 Å². The topological polar surface area (TPSA) is 72.3 Å². The molecule has 1 aliphatic rings. The van der Waals surface area contributed by atoms with Crippen molar-refractivity contribution in [3.63, 3.8) is 0 Å². The molecule has 4 rings (SSSR count). The number of aryl methyl sites for hydroxylation is 1. The molecule has 1 atom stereocenters. The number of ether oxygens (including phenoxy) is 1. The lowest BCUT2D eigenvalue weighted by molar-refractivity contribution is -0.115. The number of nitrogens with zero attached hydrogens (tertiary/aromatic N) is 4. The van der Waals surface area contributed by atoms with Crippen molar-refractivity contribution in [1.29, 1.82) is 0 Å². The molecule has 2 heterocycles. The molecule has 2 aromatic carbocycles. The molecule has 1 aliphatic heterocycles. The first kappa shape index (κ1) is 22.4. The second kappa shape index (κ2) is 10.7. The summed E-state index contributed by atoms with van der Waals surface area (Å²) in [6, 6.07) is 18.2.